The van der Waals surface area contributed by atoms with E-state index in [1.807, 2.05) is 6.20 Å². The minimum atomic E-state index is 0.985. The fourth-order valence-electron chi connectivity index (χ4n) is 3.01. The number of nitrogens with zero attached hydrogens (tertiary/aromatic N) is 4. The third-order valence-corrected chi connectivity index (χ3v) is 4.18. The molecule has 112 valence electrons. The molecular weight excluding hydrogens is 260 g/mol. The van der Waals surface area contributed by atoms with Gasteiger partial charge < -0.3 is 9.47 Å². The maximum atomic E-state index is 4.50. The van der Waals surface area contributed by atoms with Gasteiger partial charge in [-0.15, -0.1) is 0 Å². The number of imidazole rings is 1. The molecule has 21 heavy (non-hydrogen) atoms. The van der Waals surface area contributed by atoms with Gasteiger partial charge in [0.05, 0.1) is 0 Å². The predicted octanol–water partition coefficient (Wildman–Crippen LogP) is 2.53. The van der Waals surface area contributed by atoms with Crippen molar-refractivity contribution in [1.82, 2.24) is 14.5 Å². The molecule has 0 unspecified atom stereocenters. The highest BCUT2D eigenvalue weighted by molar-refractivity contribution is 5.32. The van der Waals surface area contributed by atoms with E-state index in [1.165, 1.54) is 11.1 Å². The molecule has 1 aromatic heterocycles. The van der Waals surface area contributed by atoms with Gasteiger partial charge in [-0.05, 0) is 19.4 Å². The minimum Gasteiger partial charge on any atom is -0.340 e. The molecule has 0 radical (unpaired) electrons. The Morgan fingerprint density at radius 2 is 1.95 bits per heavy atom. The van der Waals surface area contributed by atoms with Crippen molar-refractivity contribution in [1.29, 1.82) is 0 Å². The number of benzene rings is 1. The lowest BCUT2D eigenvalue weighted by molar-refractivity contribution is 0.248. The highest BCUT2D eigenvalue weighted by Crippen LogP contribution is 2.16. The van der Waals surface area contributed by atoms with Crippen molar-refractivity contribution in [3.05, 3.63) is 47.8 Å². The van der Waals surface area contributed by atoms with Gasteiger partial charge >= 0.3 is 0 Å². The molecule has 1 aliphatic rings. The maximum absolute atomic E-state index is 4.50. The van der Waals surface area contributed by atoms with Crippen LogP contribution in [0.4, 0.5) is 5.95 Å². The lowest BCUT2D eigenvalue weighted by Crippen LogP contribution is -2.46. The Morgan fingerprint density at radius 3 is 2.67 bits per heavy atom. The SMILES string of the molecule is CCn1ccnc1N1CCN(Cc2cccc(C)c2)CC1. The third kappa shape index (κ3) is 3.27. The summed E-state index contributed by atoms with van der Waals surface area (Å²) >= 11 is 0. The van der Waals surface area contributed by atoms with E-state index in [0.29, 0.717) is 0 Å². The van der Waals surface area contributed by atoms with Crippen molar-refractivity contribution >= 4 is 5.95 Å². The largest absolute Gasteiger partial charge is 0.340 e. The first-order chi connectivity index (χ1) is 10.3. The molecule has 1 fully saturated rings. The van der Waals surface area contributed by atoms with E-state index in [2.05, 4.69) is 63.7 Å². The van der Waals surface area contributed by atoms with E-state index >= 15 is 0 Å². The van der Waals surface area contributed by atoms with Crippen molar-refractivity contribution in [2.75, 3.05) is 31.1 Å². The molecule has 0 aliphatic carbocycles. The summed E-state index contributed by atoms with van der Waals surface area (Å²) in [5.41, 5.74) is 2.76. The number of piperazine rings is 1. The number of rotatable bonds is 4. The molecule has 1 saturated heterocycles. The van der Waals surface area contributed by atoms with E-state index in [-0.39, 0.29) is 0 Å². The molecule has 2 aromatic rings. The van der Waals surface area contributed by atoms with Crippen LogP contribution < -0.4 is 4.90 Å². The molecule has 1 aliphatic heterocycles. The molecule has 0 bridgehead atoms. The summed E-state index contributed by atoms with van der Waals surface area (Å²) in [6.45, 7) is 10.7. The number of aryl methyl sites for hydroxylation is 2. The third-order valence-electron chi connectivity index (χ3n) is 4.18. The van der Waals surface area contributed by atoms with Crippen molar-refractivity contribution < 1.29 is 0 Å². The number of anilines is 1. The summed E-state index contributed by atoms with van der Waals surface area (Å²) in [7, 11) is 0. The Bertz CT molecular complexity index is 582. The Balaban J connectivity index is 1.58. The van der Waals surface area contributed by atoms with Gasteiger partial charge in [0.15, 0.2) is 0 Å². The molecule has 3 rings (SSSR count). The van der Waals surface area contributed by atoms with Crippen LogP contribution in [0.25, 0.3) is 0 Å². The van der Waals surface area contributed by atoms with E-state index in [9.17, 15) is 0 Å². The van der Waals surface area contributed by atoms with Crippen LogP contribution in [0.2, 0.25) is 0 Å². The van der Waals surface area contributed by atoms with Gasteiger partial charge in [0.2, 0.25) is 5.95 Å². The van der Waals surface area contributed by atoms with Crippen LogP contribution in [0.5, 0.6) is 0 Å². The van der Waals surface area contributed by atoms with Crippen LogP contribution in [-0.4, -0.2) is 40.6 Å². The van der Waals surface area contributed by atoms with Crippen molar-refractivity contribution in [3.8, 4) is 0 Å². The van der Waals surface area contributed by atoms with Crippen molar-refractivity contribution in [3.63, 3.8) is 0 Å². The summed E-state index contributed by atoms with van der Waals surface area (Å²) in [4.78, 5) is 9.43. The van der Waals surface area contributed by atoms with Gasteiger partial charge in [0.25, 0.3) is 0 Å². The second-order valence-corrected chi connectivity index (χ2v) is 5.77. The molecule has 4 heteroatoms. The van der Waals surface area contributed by atoms with Gasteiger partial charge in [-0.25, -0.2) is 4.98 Å². The van der Waals surface area contributed by atoms with Crippen LogP contribution in [0, 0.1) is 6.92 Å². The quantitative estimate of drug-likeness (QED) is 0.862. The molecule has 4 nitrogen and oxygen atoms in total. The van der Waals surface area contributed by atoms with Crippen LogP contribution in [0.3, 0.4) is 0 Å². The first-order valence-corrected chi connectivity index (χ1v) is 7.80. The molecule has 0 amide bonds. The zero-order valence-electron chi connectivity index (χ0n) is 13.0. The molecule has 0 saturated carbocycles. The lowest BCUT2D eigenvalue weighted by atomic mass is 10.1. The summed E-state index contributed by atoms with van der Waals surface area (Å²) in [5.74, 6) is 1.12. The fourth-order valence-corrected chi connectivity index (χ4v) is 3.01. The lowest BCUT2D eigenvalue weighted by Gasteiger charge is -2.35. The number of hydrogen-bond donors (Lipinski definition) is 0. The van der Waals surface area contributed by atoms with Crippen LogP contribution in [0.1, 0.15) is 18.1 Å². The second-order valence-electron chi connectivity index (χ2n) is 5.77. The number of aromatic nitrogens is 2. The minimum absolute atomic E-state index is 0.985. The highest BCUT2D eigenvalue weighted by Gasteiger charge is 2.19. The van der Waals surface area contributed by atoms with Gasteiger partial charge in [-0.3, -0.25) is 4.90 Å². The van der Waals surface area contributed by atoms with Gasteiger partial charge in [-0.2, -0.15) is 0 Å². The highest BCUT2D eigenvalue weighted by atomic mass is 15.3. The van der Waals surface area contributed by atoms with Crippen LogP contribution in [-0.2, 0) is 13.1 Å². The van der Waals surface area contributed by atoms with Gasteiger partial charge in [0.1, 0.15) is 0 Å². The number of hydrogen-bond acceptors (Lipinski definition) is 3. The van der Waals surface area contributed by atoms with Gasteiger partial charge in [0, 0.05) is 51.7 Å². The van der Waals surface area contributed by atoms with Gasteiger partial charge in [-0.1, -0.05) is 29.8 Å². The molecule has 2 heterocycles. The second kappa shape index (κ2) is 6.31. The molecule has 0 N–H and O–H groups in total. The Hall–Kier alpha value is -1.81. The summed E-state index contributed by atoms with van der Waals surface area (Å²) < 4.78 is 2.22. The van der Waals surface area contributed by atoms with E-state index in [0.717, 1.165) is 45.2 Å². The zero-order valence-corrected chi connectivity index (χ0v) is 13.0. The average Bonchev–Trinajstić information content (AvgIpc) is 2.96. The monoisotopic (exact) mass is 284 g/mol. The average molecular weight is 284 g/mol. The molecule has 1 aromatic carbocycles. The van der Waals surface area contributed by atoms with E-state index < -0.39 is 0 Å². The summed E-state index contributed by atoms with van der Waals surface area (Å²) in [6.07, 6.45) is 3.96. The topological polar surface area (TPSA) is 24.3 Å². The van der Waals surface area contributed by atoms with E-state index in [1.54, 1.807) is 0 Å². The molecule has 0 spiro atoms. The fraction of sp³-hybridized carbons (Fsp3) is 0.471. The Kier molecular flexibility index (Phi) is 4.25. The smallest absolute Gasteiger partial charge is 0.205 e. The molecular formula is C17H24N4. The van der Waals surface area contributed by atoms with Crippen LogP contribution in [0.15, 0.2) is 36.7 Å². The first kappa shape index (κ1) is 14.1. The Labute approximate surface area is 127 Å². The van der Waals surface area contributed by atoms with E-state index in [4.69, 9.17) is 0 Å². The predicted molar refractivity (Wildman–Crippen MR) is 86.6 cm³/mol. The zero-order chi connectivity index (χ0) is 14.7. The van der Waals surface area contributed by atoms with Crippen LogP contribution >= 0.6 is 0 Å². The summed E-state index contributed by atoms with van der Waals surface area (Å²) in [6, 6.07) is 8.82. The van der Waals surface area contributed by atoms with Crippen molar-refractivity contribution in [2.45, 2.75) is 26.9 Å². The Morgan fingerprint density at radius 1 is 1.14 bits per heavy atom. The standard InChI is InChI=1S/C17H24N4/c1-3-20-8-7-18-17(20)21-11-9-19(10-12-21)14-16-6-4-5-15(2)13-16/h4-8,13H,3,9-12,14H2,1-2H3. The molecule has 0 atom stereocenters. The first-order valence-electron chi connectivity index (χ1n) is 7.80. The maximum Gasteiger partial charge on any atom is 0.205 e. The van der Waals surface area contributed by atoms with Crippen molar-refractivity contribution in [2.24, 2.45) is 0 Å². The summed E-state index contributed by atoms with van der Waals surface area (Å²) in [5, 5.41) is 0. The normalized spacial score (nSPS) is 16.4.